The summed E-state index contributed by atoms with van der Waals surface area (Å²) in [6.45, 7) is 1.45. The fraction of sp³-hybridized carbons (Fsp3) is 0.583. The molecule has 1 aromatic heterocycles. The second kappa shape index (κ2) is 5.55. The van der Waals surface area contributed by atoms with Crippen molar-refractivity contribution in [2.24, 2.45) is 0 Å². The second-order valence-corrected chi connectivity index (χ2v) is 6.63. The van der Waals surface area contributed by atoms with E-state index < -0.39 is 22.0 Å². The molecule has 112 valence electrons. The van der Waals surface area contributed by atoms with Crippen molar-refractivity contribution < 1.29 is 23.4 Å². The maximum Gasteiger partial charge on any atom is 0.352 e. The molecule has 0 bridgehead atoms. The van der Waals surface area contributed by atoms with E-state index in [-0.39, 0.29) is 23.2 Å². The van der Waals surface area contributed by atoms with Crippen LogP contribution in [0, 0.1) is 0 Å². The summed E-state index contributed by atoms with van der Waals surface area (Å²) in [5.74, 6) is -1.15. The van der Waals surface area contributed by atoms with Gasteiger partial charge in [-0.25, -0.2) is 17.9 Å². The molecule has 0 saturated heterocycles. The van der Waals surface area contributed by atoms with Crippen LogP contribution in [0.4, 0.5) is 0 Å². The second-order valence-electron chi connectivity index (χ2n) is 4.91. The summed E-state index contributed by atoms with van der Waals surface area (Å²) in [5, 5.41) is 18.2. The SMILES string of the molecule is CC[C@H](CO)NS(=O)(=O)c1cc(C(=O)O)n(C2CC2)c1. The molecular formula is C12H18N2O5S. The van der Waals surface area contributed by atoms with Gasteiger partial charge >= 0.3 is 5.97 Å². The Bertz CT molecular complexity index is 599. The van der Waals surface area contributed by atoms with Crippen LogP contribution in [-0.4, -0.2) is 41.8 Å². The third-order valence-electron chi connectivity index (χ3n) is 3.33. The number of carbonyl (C=O) groups is 1. The number of aromatic nitrogens is 1. The van der Waals surface area contributed by atoms with E-state index in [0.29, 0.717) is 6.42 Å². The Morgan fingerprint density at radius 3 is 2.65 bits per heavy atom. The highest BCUT2D eigenvalue weighted by Crippen LogP contribution is 2.37. The average molecular weight is 302 g/mol. The van der Waals surface area contributed by atoms with Crippen LogP contribution < -0.4 is 4.72 Å². The molecule has 0 amide bonds. The van der Waals surface area contributed by atoms with Crippen molar-refractivity contribution in [1.29, 1.82) is 0 Å². The molecule has 1 heterocycles. The molecule has 7 nitrogen and oxygen atoms in total. The maximum absolute atomic E-state index is 12.2. The van der Waals surface area contributed by atoms with Crippen molar-refractivity contribution >= 4 is 16.0 Å². The normalized spacial score (nSPS) is 17.1. The van der Waals surface area contributed by atoms with Gasteiger partial charge in [0.05, 0.1) is 6.61 Å². The zero-order chi connectivity index (χ0) is 14.9. The van der Waals surface area contributed by atoms with E-state index in [2.05, 4.69) is 4.72 Å². The number of rotatable bonds is 7. The summed E-state index contributed by atoms with van der Waals surface area (Å²) in [4.78, 5) is 11.1. The number of aliphatic hydroxyl groups is 1. The molecule has 1 aliphatic carbocycles. The van der Waals surface area contributed by atoms with Gasteiger partial charge in [-0.1, -0.05) is 6.92 Å². The molecule has 1 atom stereocenters. The van der Waals surface area contributed by atoms with E-state index in [0.717, 1.165) is 18.9 Å². The van der Waals surface area contributed by atoms with E-state index in [1.54, 1.807) is 6.92 Å². The monoisotopic (exact) mass is 302 g/mol. The van der Waals surface area contributed by atoms with Gasteiger partial charge in [-0.2, -0.15) is 0 Å². The number of sulfonamides is 1. The van der Waals surface area contributed by atoms with Crippen molar-refractivity contribution in [3.63, 3.8) is 0 Å². The van der Waals surface area contributed by atoms with Crippen LogP contribution in [0.25, 0.3) is 0 Å². The molecule has 0 aromatic carbocycles. The first-order chi connectivity index (χ1) is 9.39. The highest BCUT2D eigenvalue weighted by molar-refractivity contribution is 7.89. The smallest absolute Gasteiger partial charge is 0.352 e. The van der Waals surface area contributed by atoms with Gasteiger partial charge in [0.2, 0.25) is 10.0 Å². The number of hydrogen-bond acceptors (Lipinski definition) is 4. The van der Waals surface area contributed by atoms with Crippen LogP contribution in [0.3, 0.4) is 0 Å². The lowest BCUT2D eigenvalue weighted by molar-refractivity contribution is 0.0685. The zero-order valence-electron chi connectivity index (χ0n) is 11.1. The van der Waals surface area contributed by atoms with Gasteiger partial charge in [0.25, 0.3) is 0 Å². The Morgan fingerprint density at radius 2 is 2.20 bits per heavy atom. The molecule has 1 aliphatic rings. The zero-order valence-corrected chi connectivity index (χ0v) is 11.9. The number of aromatic carboxylic acids is 1. The topological polar surface area (TPSA) is 109 Å². The van der Waals surface area contributed by atoms with E-state index in [1.165, 1.54) is 10.8 Å². The summed E-state index contributed by atoms with van der Waals surface area (Å²) in [6.07, 6.45) is 3.52. The number of hydrogen-bond donors (Lipinski definition) is 3. The van der Waals surface area contributed by atoms with Gasteiger partial charge in [-0.3, -0.25) is 0 Å². The molecule has 0 unspecified atom stereocenters. The van der Waals surface area contributed by atoms with Crippen molar-refractivity contribution in [3.8, 4) is 0 Å². The van der Waals surface area contributed by atoms with Gasteiger partial charge in [0.1, 0.15) is 10.6 Å². The number of nitrogens with zero attached hydrogens (tertiary/aromatic N) is 1. The highest BCUT2D eigenvalue weighted by Gasteiger charge is 2.30. The maximum atomic E-state index is 12.2. The van der Waals surface area contributed by atoms with E-state index in [4.69, 9.17) is 10.2 Å². The van der Waals surface area contributed by atoms with E-state index in [1.807, 2.05) is 0 Å². The molecule has 2 rings (SSSR count). The Kier molecular flexibility index (Phi) is 4.17. The Labute approximate surface area is 117 Å². The molecule has 3 N–H and O–H groups in total. The number of carboxylic acid groups (broad SMARTS) is 1. The minimum atomic E-state index is -3.82. The predicted molar refractivity (Wildman–Crippen MR) is 71.1 cm³/mol. The Hall–Kier alpha value is -1.38. The third-order valence-corrected chi connectivity index (χ3v) is 4.82. The van der Waals surface area contributed by atoms with Crippen LogP contribution in [0.15, 0.2) is 17.2 Å². The van der Waals surface area contributed by atoms with Crippen molar-refractivity contribution in [1.82, 2.24) is 9.29 Å². The standard InChI is InChI=1S/C12H18N2O5S/c1-2-8(7-15)13-20(18,19)10-5-11(12(16)17)14(6-10)9-3-4-9/h5-6,8-9,13,15H,2-4,7H2,1H3,(H,16,17)/t8-/m1/s1. The molecule has 1 fully saturated rings. The van der Waals surface area contributed by atoms with Crippen LogP contribution in [-0.2, 0) is 10.0 Å². The number of aliphatic hydroxyl groups excluding tert-OH is 1. The molecular weight excluding hydrogens is 284 g/mol. The minimum absolute atomic E-state index is 0.0232. The first-order valence-corrected chi connectivity index (χ1v) is 7.95. The van der Waals surface area contributed by atoms with E-state index in [9.17, 15) is 13.2 Å². The molecule has 0 aliphatic heterocycles. The summed E-state index contributed by atoms with van der Waals surface area (Å²) < 4.78 is 28.2. The lowest BCUT2D eigenvalue weighted by atomic mass is 10.3. The van der Waals surface area contributed by atoms with Gasteiger partial charge in [-0.05, 0) is 25.3 Å². The van der Waals surface area contributed by atoms with Crippen LogP contribution in [0.1, 0.15) is 42.7 Å². The van der Waals surface area contributed by atoms with Crippen molar-refractivity contribution in [2.45, 2.75) is 43.2 Å². The lowest BCUT2D eigenvalue weighted by Gasteiger charge is -2.13. The molecule has 20 heavy (non-hydrogen) atoms. The van der Waals surface area contributed by atoms with Crippen LogP contribution in [0.5, 0.6) is 0 Å². The number of carboxylic acids is 1. The minimum Gasteiger partial charge on any atom is -0.477 e. The van der Waals surface area contributed by atoms with E-state index >= 15 is 0 Å². The summed E-state index contributed by atoms with van der Waals surface area (Å²) >= 11 is 0. The largest absolute Gasteiger partial charge is 0.477 e. The highest BCUT2D eigenvalue weighted by atomic mass is 32.2. The van der Waals surface area contributed by atoms with Gasteiger partial charge in [0, 0.05) is 18.3 Å². The fourth-order valence-corrected chi connectivity index (χ4v) is 3.30. The number of nitrogens with one attached hydrogen (secondary N) is 1. The molecule has 0 spiro atoms. The summed E-state index contributed by atoms with van der Waals surface area (Å²) in [7, 11) is -3.82. The van der Waals surface area contributed by atoms with Gasteiger partial charge in [0.15, 0.2) is 0 Å². The van der Waals surface area contributed by atoms with Crippen molar-refractivity contribution in [3.05, 3.63) is 18.0 Å². The predicted octanol–water partition coefficient (Wildman–Crippen LogP) is 0.570. The molecule has 1 saturated carbocycles. The fourth-order valence-electron chi connectivity index (χ4n) is 1.96. The van der Waals surface area contributed by atoms with Gasteiger partial charge < -0.3 is 14.8 Å². The Morgan fingerprint density at radius 1 is 1.55 bits per heavy atom. The van der Waals surface area contributed by atoms with Crippen LogP contribution >= 0.6 is 0 Å². The summed E-state index contributed by atoms with van der Waals surface area (Å²) in [5.41, 5.74) is -0.0232. The first kappa shape index (κ1) is 15.0. The first-order valence-electron chi connectivity index (χ1n) is 6.47. The third kappa shape index (κ3) is 3.02. The van der Waals surface area contributed by atoms with Gasteiger partial charge in [-0.15, -0.1) is 0 Å². The lowest BCUT2D eigenvalue weighted by Crippen LogP contribution is -2.36. The quantitative estimate of drug-likeness (QED) is 0.682. The molecule has 1 aromatic rings. The average Bonchev–Trinajstić information content (AvgIpc) is 3.13. The summed E-state index contributed by atoms with van der Waals surface area (Å²) in [6, 6.07) is 0.662. The molecule has 8 heteroatoms. The van der Waals surface area contributed by atoms with Crippen LogP contribution in [0.2, 0.25) is 0 Å². The molecule has 0 radical (unpaired) electrons. The Balaban J connectivity index is 2.32. The van der Waals surface area contributed by atoms with Crippen molar-refractivity contribution in [2.75, 3.05) is 6.61 Å².